The van der Waals surface area contributed by atoms with Gasteiger partial charge in [-0.05, 0) is 6.42 Å². The zero-order valence-corrected chi connectivity index (χ0v) is 9.72. The molecule has 1 aromatic rings. The van der Waals surface area contributed by atoms with Crippen molar-refractivity contribution in [3.63, 3.8) is 0 Å². The van der Waals surface area contributed by atoms with Gasteiger partial charge in [0.05, 0.1) is 11.0 Å². The van der Waals surface area contributed by atoms with Crippen LogP contribution in [0, 0.1) is 0 Å². The van der Waals surface area contributed by atoms with Crippen molar-refractivity contribution in [3.05, 3.63) is 16.6 Å². The first-order valence-corrected chi connectivity index (χ1v) is 6.03. The normalized spacial score (nSPS) is 12.4. The van der Waals surface area contributed by atoms with E-state index in [-0.39, 0.29) is 11.9 Å². The van der Waals surface area contributed by atoms with Gasteiger partial charge in [0.1, 0.15) is 0 Å². The first-order valence-electron chi connectivity index (χ1n) is 5.15. The number of hydrogen-bond donors (Lipinski definition) is 2. The van der Waals surface area contributed by atoms with Crippen LogP contribution >= 0.6 is 11.3 Å². The second-order valence-electron chi connectivity index (χ2n) is 3.36. The van der Waals surface area contributed by atoms with E-state index in [1.807, 2.05) is 12.3 Å². The lowest BCUT2D eigenvalue weighted by atomic mass is 10.2. The molecule has 0 aliphatic carbocycles. The van der Waals surface area contributed by atoms with E-state index in [1.165, 1.54) is 0 Å². The third-order valence-electron chi connectivity index (χ3n) is 2.06. The summed E-state index contributed by atoms with van der Waals surface area (Å²) in [7, 11) is 0. The highest BCUT2D eigenvalue weighted by molar-refractivity contribution is 7.09. The van der Waals surface area contributed by atoms with Crippen LogP contribution in [0.2, 0.25) is 0 Å². The molecular formula is C10H17N3OS. The number of nitrogens with two attached hydrogens (primary N) is 1. The minimum Gasteiger partial charge on any atom is -0.354 e. The molecule has 0 aromatic carbocycles. The van der Waals surface area contributed by atoms with Crippen LogP contribution in [0.1, 0.15) is 24.8 Å². The minimum absolute atomic E-state index is 0.0617. The fraction of sp³-hybridized carbons (Fsp3) is 0.600. The Morgan fingerprint density at radius 3 is 3.13 bits per heavy atom. The van der Waals surface area contributed by atoms with Gasteiger partial charge in [0.25, 0.3) is 0 Å². The number of rotatable bonds is 6. The predicted octanol–water partition coefficient (Wildman–Crippen LogP) is 0.929. The van der Waals surface area contributed by atoms with Crippen molar-refractivity contribution in [2.45, 2.75) is 32.2 Å². The van der Waals surface area contributed by atoms with E-state index < -0.39 is 0 Å². The van der Waals surface area contributed by atoms with E-state index in [1.54, 1.807) is 17.5 Å². The van der Waals surface area contributed by atoms with Gasteiger partial charge in [-0.3, -0.25) is 4.79 Å². The number of nitrogens with one attached hydrogen (secondary N) is 1. The first-order chi connectivity index (χ1) is 7.24. The van der Waals surface area contributed by atoms with Gasteiger partial charge >= 0.3 is 0 Å². The summed E-state index contributed by atoms with van der Waals surface area (Å²) in [6, 6.07) is -0.369. The van der Waals surface area contributed by atoms with Crippen LogP contribution in [0.4, 0.5) is 0 Å². The number of hydrogen-bond acceptors (Lipinski definition) is 4. The Morgan fingerprint density at radius 1 is 1.73 bits per heavy atom. The molecule has 0 spiro atoms. The molecule has 0 saturated heterocycles. The van der Waals surface area contributed by atoms with Crippen LogP contribution in [0.3, 0.4) is 0 Å². The zero-order chi connectivity index (χ0) is 11.1. The molecule has 1 aromatic heterocycles. The molecule has 0 bridgehead atoms. The molecule has 0 aliphatic heterocycles. The minimum atomic E-state index is -0.369. The SMILES string of the molecule is CCCC(N)C(=O)NCCc1nccs1. The average molecular weight is 227 g/mol. The third-order valence-corrected chi connectivity index (χ3v) is 2.90. The van der Waals surface area contributed by atoms with Gasteiger partial charge in [0.15, 0.2) is 0 Å². The van der Waals surface area contributed by atoms with Crippen LogP contribution in [-0.4, -0.2) is 23.5 Å². The van der Waals surface area contributed by atoms with Crippen molar-refractivity contribution in [3.8, 4) is 0 Å². The predicted molar refractivity (Wildman–Crippen MR) is 61.7 cm³/mol. The summed E-state index contributed by atoms with van der Waals surface area (Å²) in [5.74, 6) is -0.0617. The topological polar surface area (TPSA) is 68.0 Å². The van der Waals surface area contributed by atoms with E-state index in [0.29, 0.717) is 6.54 Å². The summed E-state index contributed by atoms with van der Waals surface area (Å²) < 4.78 is 0. The van der Waals surface area contributed by atoms with Gasteiger partial charge in [-0.1, -0.05) is 13.3 Å². The quantitative estimate of drug-likeness (QED) is 0.759. The first kappa shape index (κ1) is 12.1. The second-order valence-corrected chi connectivity index (χ2v) is 4.34. The molecule has 0 aliphatic rings. The average Bonchev–Trinajstić information content (AvgIpc) is 2.71. The van der Waals surface area contributed by atoms with Crippen molar-refractivity contribution in [2.75, 3.05) is 6.54 Å². The molecule has 3 N–H and O–H groups in total. The Bertz CT molecular complexity index is 287. The van der Waals surface area contributed by atoms with Crippen LogP contribution < -0.4 is 11.1 Å². The fourth-order valence-corrected chi connectivity index (χ4v) is 1.86. The molecular weight excluding hydrogens is 210 g/mol. The second kappa shape index (κ2) is 6.53. The number of aromatic nitrogens is 1. The van der Waals surface area contributed by atoms with Crippen LogP contribution in [0.5, 0.6) is 0 Å². The Balaban J connectivity index is 2.17. The highest BCUT2D eigenvalue weighted by atomic mass is 32.1. The van der Waals surface area contributed by atoms with Gasteiger partial charge in [-0.2, -0.15) is 0 Å². The number of carbonyl (C=O) groups is 1. The van der Waals surface area contributed by atoms with E-state index >= 15 is 0 Å². The third kappa shape index (κ3) is 4.40. The number of nitrogens with zero attached hydrogens (tertiary/aromatic N) is 1. The van der Waals surface area contributed by atoms with Gasteiger partial charge in [-0.25, -0.2) is 4.98 Å². The van der Waals surface area contributed by atoms with E-state index in [0.717, 1.165) is 24.3 Å². The summed E-state index contributed by atoms with van der Waals surface area (Å²) in [4.78, 5) is 15.5. The van der Waals surface area contributed by atoms with Crippen molar-refractivity contribution in [1.29, 1.82) is 0 Å². The lowest BCUT2D eigenvalue weighted by Gasteiger charge is -2.10. The molecule has 0 saturated carbocycles. The highest BCUT2D eigenvalue weighted by Crippen LogP contribution is 2.03. The lowest BCUT2D eigenvalue weighted by molar-refractivity contribution is -0.122. The molecule has 1 amide bonds. The summed E-state index contributed by atoms with van der Waals surface area (Å²) in [5.41, 5.74) is 5.66. The van der Waals surface area contributed by atoms with Crippen molar-refractivity contribution >= 4 is 17.2 Å². The maximum atomic E-state index is 11.4. The molecule has 4 nitrogen and oxygen atoms in total. The highest BCUT2D eigenvalue weighted by Gasteiger charge is 2.10. The molecule has 1 heterocycles. The maximum Gasteiger partial charge on any atom is 0.236 e. The largest absolute Gasteiger partial charge is 0.354 e. The van der Waals surface area contributed by atoms with Crippen molar-refractivity contribution in [2.24, 2.45) is 5.73 Å². The van der Waals surface area contributed by atoms with E-state index in [2.05, 4.69) is 10.3 Å². The molecule has 5 heteroatoms. The lowest BCUT2D eigenvalue weighted by Crippen LogP contribution is -2.41. The summed E-state index contributed by atoms with van der Waals surface area (Å²) in [6.07, 6.45) is 4.22. The van der Waals surface area contributed by atoms with Crippen molar-refractivity contribution < 1.29 is 4.79 Å². The van der Waals surface area contributed by atoms with Gasteiger partial charge in [-0.15, -0.1) is 11.3 Å². The molecule has 1 rings (SSSR count). The van der Waals surface area contributed by atoms with Gasteiger partial charge in [0, 0.05) is 24.5 Å². The van der Waals surface area contributed by atoms with Gasteiger partial charge < -0.3 is 11.1 Å². The van der Waals surface area contributed by atoms with E-state index in [9.17, 15) is 4.79 Å². The Labute approximate surface area is 93.9 Å². The molecule has 15 heavy (non-hydrogen) atoms. The van der Waals surface area contributed by atoms with Gasteiger partial charge in [0.2, 0.25) is 5.91 Å². The molecule has 0 radical (unpaired) electrons. The summed E-state index contributed by atoms with van der Waals surface area (Å²) in [5, 5.41) is 5.78. The summed E-state index contributed by atoms with van der Waals surface area (Å²) in [6.45, 7) is 2.63. The van der Waals surface area contributed by atoms with Crippen LogP contribution in [0.15, 0.2) is 11.6 Å². The fourth-order valence-electron chi connectivity index (χ4n) is 1.24. The zero-order valence-electron chi connectivity index (χ0n) is 8.90. The number of carbonyl (C=O) groups excluding carboxylic acids is 1. The summed E-state index contributed by atoms with van der Waals surface area (Å²) >= 11 is 1.60. The maximum absolute atomic E-state index is 11.4. The molecule has 1 atom stereocenters. The molecule has 0 fully saturated rings. The monoisotopic (exact) mass is 227 g/mol. The number of thiazole rings is 1. The van der Waals surface area contributed by atoms with Crippen LogP contribution in [0.25, 0.3) is 0 Å². The van der Waals surface area contributed by atoms with Crippen molar-refractivity contribution in [1.82, 2.24) is 10.3 Å². The van der Waals surface area contributed by atoms with Crippen LogP contribution in [-0.2, 0) is 11.2 Å². The number of amides is 1. The Morgan fingerprint density at radius 2 is 2.53 bits per heavy atom. The standard InChI is InChI=1S/C10H17N3OS/c1-2-3-8(11)10(14)13-5-4-9-12-6-7-15-9/h6-8H,2-5,11H2,1H3,(H,13,14). The molecule has 1 unspecified atom stereocenters. The Kier molecular flexibility index (Phi) is 5.28. The Hall–Kier alpha value is -0.940. The van der Waals surface area contributed by atoms with E-state index in [4.69, 9.17) is 5.73 Å². The molecule has 84 valence electrons. The smallest absolute Gasteiger partial charge is 0.236 e.